The Kier molecular flexibility index (Phi) is 6.55. The highest BCUT2D eigenvalue weighted by atomic mass is 32.2. The largest absolute Gasteiger partial charge is 0.349 e. The van der Waals surface area contributed by atoms with Crippen LogP contribution in [0.5, 0.6) is 0 Å². The van der Waals surface area contributed by atoms with Gasteiger partial charge in [-0.3, -0.25) is 9.59 Å². The van der Waals surface area contributed by atoms with Crippen molar-refractivity contribution >= 4 is 27.3 Å². The maximum atomic E-state index is 11.9. The summed E-state index contributed by atoms with van der Waals surface area (Å²) in [6, 6.07) is 7.15. The topological polar surface area (TPSA) is 83.5 Å². The zero-order chi connectivity index (χ0) is 16.8. The average Bonchev–Trinajstić information content (AvgIpc) is 2.40. The fourth-order valence-corrected chi connectivity index (χ4v) is 3.04. The van der Waals surface area contributed by atoms with Crippen molar-refractivity contribution in [3.8, 4) is 0 Å². The normalized spacial score (nSPS) is 11.0. The predicted octanol–water partition coefficient (Wildman–Crippen LogP) is 1.22. The van der Waals surface area contributed by atoms with Crippen LogP contribution in [0, 0.1) is 6.92 Å². The lowest BCUT2D eigenvalue weighted by Crippen LogP contribution is -2.26. The summed E-state index contributed by atoms with van der Waals surface area (Å²) in [4.78, 5) is 24.6. The molecule has 0 aliphatic rings. The van der Waals surface area contributed by atoms with Gasteiger partial charge >= 0.3 is 0 Å². The summed E-state index contributed by atoms with van der Waals surface area (Å²) in [6.07, 6.45) is 0.378. The van der Waals surface area contributed by atoms with E-state index >= 15 is 0 Å². The summed E-state index contributed by atoms with van der Waals surface area (Å²) in [5.74, 6) is -1.43. The van der Waals surface area contributed by atoms with Crippen molar-refractivity contribution < 1.29 is 18.0 Å². The molecule has 0 aliphatic heterocycles. The number of carbonyl (C=O) groups is 2. The molecule has 0 saturated heterocycles. The van der Waals surface area contributed by atoms with Crippen molar-refractivity contribution in [3.05, 3.63) is 29.8 Å². The number of hydrogen-bond acceptors (Lipinski definition) is 4. The molecule has 0 unspecified atom stereocenters. The van der Waals surface area contributed by atoms with Gasteiger partial charge in [-0.1, -0.05) is 18.2 Å². The number of carbonyl (C=O) groups excluding carboxylic acids is 2. The molecule has 2 amide bonds. The van der Waals surface area contributed by atoms with Gasteiger partial charge in [-0.15, -0.1) is 0 Å². The van der Waals surface area contributed by atoms with Gasteiger partial charge < -0.3 is 10.2 Å². The van der Waals surface area contributed by atoms with Gasteiger partial charge in [0.1, 0.15) is 5.75 Å². The van der Waals surface area contributed by atoms with Gasteiger partial charge in [0.2, 0.25) is 11.8 Å². The summed E-state index contributed by atoms with van der Waals surface area (Å²) in [5, 5.41) is 2.59. The standard InChI is InChI=1S/C15H22N2O4S/c1-12-7-4-5-8-13(12)16-14(18)11-22(20,21)10-6-9-15(19)17(2)3/h4-5,7-8H,6,9-11H2,1-3H3,(H,16,18). The van der Waals surface area contributed by atoms with Crippen molar-refractivity contribution in [2.75, 3.05) is 30.9 Å². The Hall–Kier alpha value is -1.89. The van der Waals surface area contributed by atoms with Gasteiger partial charge in [0, 0.05) is 26.2 Å². The number of anilines is 1. The minimum Gasteiger partial charge on any atom is -0.349 e. The summed E-state index contributed by atoms with van der Waals surface area (Å²) in [5.41, 5.74) is 1.47. The molecule has 0 saturated carbocycles. The second-order valence-corrected chi connectivity index (χ2v) is 7.53. The van der Waals surface area contributed by atoms with Crippen molar-refractivity contribution in [1.82, 2.24) is 4.90 Å². The lowest BCUT2D eigenvalue weighted by Gasteiger charge is -2.10. The third kappa shape index (κ3) is 6.26. The molecule has 0 fully saturated rings. The number of nitrogens with one attached hydrogen (secondary N) is 1. The smallest absolute Gasteiger partial charge is 0.239 e. The molecular weight excluding hydrogens is 304 g/mol. The fourth-order valence-electron chi connectivity index (χ4n) is 1.84. The van der Waals surface area contributed by atoms with Crippen LogP contribution in [-0.2, 0) is 19.4 Å². The zero-order valence-electron chi connectivity index (χ0n) is 13.1. The van der Waals surface area contributed by atoms with E-state index in [1.807, 2.05) is 19.1 Å². The van der Waals surface area contributed by atoms with Crippen LogP contribution in [0.1, 0.15) is 18.4 Å². The predicted molar refractivity (Wildman–Crippen MR) is 86.4 cm³/mol. The van der Waals surface area contributed by atoms with Gasteiger partial charge in [0.05, 0.1) is 5.75 Å². The highest BCUT2D eigenvalue weighted by Gasteiger charge is 2.18. The molecule has 122 valence electrons. The highest BCUT2D eigenvalue weighted by Crippen LogP contribution is 2.13. The molecule has 22 heavy (non-hydrogen) atoms. The van der Waals surface area contributed by atoms with Gasteiger partial charge in [-0.25, -0.2) is 8.42 Å². The van der Waals surface area contributed by atoms with Crippen LogP contribution < -0.4 is 5.32 Å². The Morgan fingerprint density at radius 2 is 1.82 bits per heavy atom. The minimum atomic E-state index is -3.52. The monoisotopic (exact) mass is 326 g/mol. The molecule has 6 nitrogen and oxygen atoms in total. The molecular formula is C15H22N2O4S. The van der Waals surface area contributed by atoms with E-state index < -0.39 is 21.5 Å². The first-order chi connectivity index (χ1) is 10.2. The van der Waals surface area contributed by atoms with Crippen molar-refractivity contribution in [1.29, 1.82) is 0 Å². The van der Waals surface area contributed by atoms with Crippen LogP contribution in [0.2, 0.25) is 0 Å². The summed E-state index contributed by atoms with van der Waals surface area (Å²) in [7, 11) is -0.283. The Morgan fingerprint density at radius 3 is 2.41 bits per heavy atom. The van der Waals surface area contributed by atoms with Crippen LogP contribution in [0.3, 0.4) is 0 Å². The second kappa shape index (κ2) is 7.93. The van der Waals surface area contributed by atoms with Crippen LogP contribution in [-0.4, -0.2) is 50.7 Å². The minimum absolute atomic E-state index is 0.125. The lowest BCUT2D eigenvalue weighted by atomic mass is 10.2. The zero-order valence-corrected chi connectivity index (χ0v) is 13.9. The van der Waals surface area contributed by atoms with Crippen molar-refractivity contribution in [2.45, 2.75) is 19.8 Å². The van der Waals surface area contributed by atoms with Gasteiger partial charge in [0.25, 0.3) is 0 Å². The molecule has 1 aromatic rings. The fraction of sp³-hybridized carbons (Fsp3) is 0.467. The van der Waals surface area contributed by atoms with Gasteiger partial charge in [-0.05, 0) is 25.0 Å². The van der Waals surface area contributed by atoms with E-state index in [1.165, 1.54) is 4.90 Å². The highest BCUT2D eigenvalue weighted by molar-refractivity contribution is 7.92. The van der Waals surface area contributed by atoms with Crippen molar-refractivity contribution in [3.63, 3.8) is 0 Å². The molecule has 0 heterocycles. The number of para-hydroxylation sites is 1. The van der Waals surface area contributed by atoms with E-state index in [9.17, 15) is 18.0 Å². The first-order valence-electron chi connectivity index (χ1n) is 6.97. The summed E-state index contributed by atoms with van der Waals surface area (Å²) < 4.78 is 23.8. The maximum absolute atomic E-state index is 11.9. The maximum Gasteiger partial charge on any atom is 0.239 e. The molecule has 0 radical (unpaired) electrons. The van der Waals surface area contributed by atoms with Crippen LogP contribution >= 0.6 is 0 Å². The van der Waals surface area contributed by atoms with Gasteiger partial charge in [0.15, 0.2) is 9.84 Å². The van der Waals surface area contributed by atoms with Crippen molar-refractivity contribution in [2.24, 2.45) is 0 Å². The molecule has 1 N–H and O–H groups in total. The van der Waals surface area contributed by atoms with Crippen LogP contribution in [0.15, 0.2) is 24.3 Å². The summed E-state index contributed by atoms with van der Waals surface area (Å²) >= 11 is 0. The van der Waals surface area contributed by atoms with E-state index in [2.05, 4.69) is 5.32 Å². The molecule has 0 spiro atoms. The molecule has 7 heteroatoms. The Labute approximate surface area is 131 Å². The summed E-state index contributed by atoms with van der Waals surface area (Å²) in [6.45, 7) is 1.83. The van der Waals surface area contributed by atoms with E-state index in [4.69, 9.17) is 0 Å². The first kappa shape index (κ1) is 18.2. The van der Waals surface area contributed by atoms with E-state index in [1.54, 1.807) is 26.2 Å². The molecule has 0 aliphatic carbocycles. The number of sulfone groups is 1. The quantitative estimate of drug-likeness (QED) is 0.816. The van der Waals surface area contributed by atoms with Gasteiger partial charge in [-0.2, -0.15) is 0 Å². The van der Waals surface area contributed by atoms with E-state index in [-0.39, 0.29) is 24.5 Å². The van der Waals surface area contributed by atoms with E-state index in [0.29, 0.717) is 5.69 Å². The average molecular weight is 326 g/mol. The molecule has 1 rings (SSSR count). The number of rotatable bonds is 7. The molecule has 1 aromatic carbocycles. The van der Waals surface area contributed by atoms with E-state index in [0.717, 1.165) is 5.56 Å². The first-order valence-corrected chi connectivity index (χ1v) is 8.79. The third-order valence-electron chi connectivity index (χ3n) is 3.11. The Bertz CT molecular complexity index is 639. The third-order valence-corrected chi connectivity index (χ3v) is 4.73. The molecule has 0 aromatic heterocycles. The number of hydrogen-bond donors (Lipinski definition) is 1. The Morgan fingerprint density at radius 1 is 1.18 bits per heavy atom. The number of aryl methyl sites for hydroxylation is 1. The number of benzene rings is 1. The lowest BCUT2D eigenvalue weighted by molar-refractivity contribution is -0.128. The number of nitrogens with zero attached hydrogens (tertiary/aromatic N) is 1. The Balaban J connectivity index is 2.49. The van der Waals surface area contributed by atoms with Crippen LogP contribution in [0.4, 0.5) is 5.69 Å². The van der Waals surface area contributed by atoms with Crippen LogP contribution in [0.25, 0.3) is 0 Å². The molecule has 0 bridgehead atoms. The molecule has 0 atom stereocenters. The second-order valence-electron chi connectivity index (χ2n) is 5.35. The SMILES string of the molecule is Cc1ccccc1NC(=O)CS(=O)(=O)CCCC(=O)N(C)C. The number of amides is 2.